The number of nitrogens with one attached hydrogen (secondary N) is 1. The summed E-state index contributed by atoms with van der Waals surface area (Å²) >= 11 is 0. The summed E-state index contributed by atoms with van der Waals surface area (Å²) in [5.41, 5.74) is -0.217. The van der Waals surface area contributed by atoms with Gasteiger partial charge >= 0.3 is 0 Å². The molecule has 8 heteroatoms. The van der Waals surface area contributed by atoms with Crippen molar-refractivity contribution in [2.45, 2.75) is 49.9 Å². The highest BCUT2D eigenvalue weighted by atomic mass is 32.2. The zero-order chi connectivity index (χ0) is 16.7. The fourth-order valence-electron chi connectivity index (χ4n) is 3.58. The third-order valence-corrected chi connectivity index (χ3v) is 6.80. The Morgan fingerprint density at radius 1 is 1.39 bits per heavy atom. The molecule has 2 N–H and O–H groups in total. The highest BCUT2D eigenvalue weighted by Gasteiger charge is 2.49. The molecule has 0 aliphatic heterocycles. The molecule has 0 amide bonds. The van der Waals surface area contributed by atoms with Crippen molar-refractivity contribution in [3.8, 4) is 0 Å². The number of aromatic nitrogens is 2. The van der Waals surface area contributed by atoms with Gasteiger partial charge in [-0.1, -0.05) is 0 Å². The van der Waals surface area contributed by atoms with Crippen LogP contribution in [0.5, 0.6) is 0 Å². The van der Waals surface area contributed by atoms with Crippen LogP contribution in [0.3, 0.4) is 0 Å². The van der Waals surface area contributed by atoms with Gasteiger partial charge in [-0.3, -0.25) is 0 Å². The number of aliphatic hydroxyl groups is 1. The minimum atomic E-state index is -3.39. The molecule has 1 aromatic heterocycles. The summed E-state index contributed by atoms with van der Waals surface area (Å²) in [5.74, 6) is 0.373. The summed E-state index contributed by atoms with van der Waals surface area (Å²) in [4.78, 5) is 6.01. The van der Waals surface area contributed by atoms with Crippen LogP contribution in [-0.4, -0.2) is 65.5 Å². The van der Waals surface area contributed by atoms with E-state index in [0.29, 0.717) is 12.8 Å². The number of hydrogen-bond donors (Lipinski definition) is 2. The van der Waals surface area contributed by atoms with Crippen LogP contribution in [-0.2, 0) is 16.6 Å². The Bertz CT molecular complexity index is 625. The van der Waals surface area contributed by atoms with Gasteiger partial charge in [-0.15, -0.1) is 0 Å². The van der Waals surface area contributed by atoms with E-state index in [2.05, 4.69) is 9.71 Å². The lowest BCUT2D eigenvalue weighted by molar-refractivity contribution is 0.154. The minimum Gasteiger partial charge on any atom is -0.391 e. The maximum Gasteiger partial charge on any atom is 0.213 e. The smallest absolute Gasteiger partial charge is 0.213 e. The standard InChI is InChI=1S/C15H26N4O3S/c1-18(2)15(3-4-15)10-23(21,22)17-13-7-12(8-14(13)20)9-19-6-5-16-11-19/h5-6,11-14,17,20H,3-4,7-10H2,1-2H3/t12?,13-,14-/m1/s1. The predicted octanol–water partition coefficient (Wildman–Crippen LogP) is 0.0362. The van der Waals surface area contributed by atoms with Crippen LogP contribution in [0.25, 0.3) is 0 Å². The molecule has 130 valence electrons. The molecule has 2 saturated carbocycles. The fraction of sp³-hybridized carbons (Fsp3) is 0.800. The van der Waals surface area contributed by atoms with Crippen molar-refractivity contribution in [3.05, 3.63) is 18.7 Å². The monoisotopic (exact) mass is 342 g/mol. The van der Waals surface area contributed by atoms with Crippen LogP contribution < -0.4 is 4.72 Å². The molecular formula is C15H26N4O3S. The van der Waals surface area contributed by atoms with E-state index in [9.17, 15) is 13.5 Å². The maximum absolute atomic E-state index is 12.5. The third-order valence-electron chi connectivity index (χ3n) is 5.22. The third kappa shape index (κ3) is 3.93. The summed E-state index contributed by atoms with van der Waals surface area (Å²) < 4.78 is 29.6. The molecule has 7 nitrogen and oxygen atoms in total. The topological polar surface area (TPSA) is 87.5 Å². The fourth-order valence-corrected chi connectivity index (χ4v) is 5.63. The Morgan fingerprint density at radius 3 is 2.70 bits per heavy atom. The van der Waals surface area contributed by atoms with Gasteiger partial charge in [0.05, 0.1) is 18.2 Å². The van der Waals surface area contributed by atoms with Gasteiger partial charge in [0.1, 0.15) is 0 Å². The molecule has 0 aromatic carbocycles. The lowest BCUT2D eigenvalue weighted by Gasteiger charge is -2.25. The zero-order valence-electron chi connectivity index (χ0n) is 13.7. The first-order chi connectivity index (χ1) is 10.8. The molecule has 1 unspecified atom stereocenters. The van der Waals surface area contributed by atoms with Crippen LogP contribution in [0.15, 0.2) is 18.7 Å². The number of rotatable bonds is 7. The summed E-state index contributed by atoms with van der Waals surface area (Å²) in [6, 6.07) is -0.383. The van der Waals surface area contributed by atoms with E-state index in [1.165, 1.54) is 0 Å². The van der Waals surface area contributed by atoms with Crippen molar-refractivity contribution in [2.75, 3.05) is 19.8 Å². The first kappa shape index (κ1) is 16.9. The minimum absolute atomic E-state index is 0.113. The lowest BCUT2D eigenvalue weighted by atomic mass is 10.1. The van der Waals surface area contributed by atoms with Crippen molar-refractivity contribution in [1.82, 2.24) is 19.2 Å². The maximum atomic E-state index is 12.5. The Hall–Kier alpha value is -0.960. The highest BCUT2D eigenvalue weighted by molar-refractivity contribution is 7.89. The first-order valence-corrected chi connectivity index (χ1v) is 9.76. The Morgan fingerprint density at radius 2 is 2.13 bits per heavy atom. The van der Waals surface area contributed by atoms with Crippen LogP contribution in [0.2, 0.25) is 0 Å². The van der Waals surface area contributed by atoms with Crippen LogP contribution in [0, 0.1) is 5.92 Å². The average molecular weight is 342 g/mol. The van der Waals surface area contributed by atoms with Gasteiger partial charge in [0.15, 0.2) is 0 Å². The summed E-state index contributed by atoms with van der Waals surface area (Å²) in [6.07, 6.45) is 7.84. The second-order valence-corrected chi connectivity index (χ2v) is 9.02. The number of aliphatic hydroxyl groups excluding tert-OH is 1. The summed E-state index contributed by atoms with van der Waals surface area (Å²) in [6.45, 7) is 0.761. The van der Waals surface area contributed by atoms with Gasteiger partial charge in [0.25, 0.3) is 0 Å². The zero-order valence-corrected chi connectivity index (χ0v) is 14.5. The Balaban J connectivity index is 1.57. The molecule has 0 saturated heterocycles. The molecule has 3 atom stereocenters. The van der Waals surface area contributed by atoms with Gasteiger partial charge in [-0.25, -0.2) is 18.1 Å². The molecule has 0 radical (unpaired) electrons. The summed E-state index contributed by atoms with van der Waals surface area (Å²) in [7, 11) is 0.455. The number of hydrogen-bond acceptors (Lipinski definition) is 5. The highest BCUT2D eigenvalue weighted by Crippen LogP contribution is 2.41. The van der Waals surface area contributed by atoms with Crippen LogP contribution >= 0.6 is 0 Å². The number of sulfonamides is 1. The van der Waals surface area contributed by atoms with Gasteiger partial charge in [0.2, 0.25) is 10.0 Å². The van der Waals surface area contributed by atoms with Gasteiger partial charge in [-0.2, -0.15) is 0 Å². The second kappa shape index (κ2) is 6.16. The molecule has 2 fully saturated rings. The van der Waals surface area contributed by atoms with E-state index < -0.39 is 16.1 Å². The van der Waals surface area contributed by atoms with E-state index in [0.717, 1.165) is 19.4 Å². The molecule has 0 bridgehead atoms. The molecule has 23 heavy (non-hydrogen) atoms. The Labute approximate surface area is 137 Å². The van der Waals surface area contributed by atoms with Crippen molar-refractivity contribution in [3.63, 3.8) is 0 Å². The molecule has 1 aromatic rings. The largest absolute Gasteiger partial charge is 0.391 e. The predicted molar refractivity (Wildman–Crippen MR) is 87.3 cm³/mol. The number of imidazole rings is 1. The van der Waals surface area contributed by atoms with E-state index in [-0.39, 0.29) is 23.3 Å². The summed E-state index contributed by atoms with van der Waals surface area (Å²) in [5, 5.41) is 10.2. The van der Waals surface area contributed by atoms with Crippen LogP contribution in [0.1, 0.15) is 25.7 Å². The van der Waals surface area contributed by atoms with Gasteiger partial charge in [-0.05, 0) is 45.7 Å². The average Bonchev–Trinajstić information content (AvgIpc) is 2.89. The SMILES string of the molecule is CN(C)C1(CS(=O)(=O)N[C@@H]2CC(Cn3ccnc3)C[C@H]2O)CC1. The van der Waals surface area contributed by atoms with E-state index in [1.54, 1.807) is 12.5 Å². The van der Waals surface area contributed by atoms with Crippen LogP contribution in [0.4, 0.5) is 0 Å². The number of nitrogens with zero attached hydrogens (tertiary/aromatic N) is 3. The Kier molecular flexibility index (Phi) is 4.52. The van der Waals surface area contributed by atoms with Gasteiger partial charge < -0.3 is 14.6 Å². The van der Waals surface area contributed by atoms with Crippen molar-refractivity contribution < 1.29 is 13.5 Å². The van der Waals surface area contributed by atoms with E-state index in [4.69, 9.17) is 0 Å². The molecule has 3 rings (SSSR count). The van der Waals surface area contributed by atoms with Gasteiger partial charge in [0, 0.05) is 30.5 Å². The normalized spacial score (nSPS) is 30.0. The van der Waals surface area contributed by atoms with E-state index >= 15 is 0 Å². The van der Waals surface area contributed by atoms with E-state index in [1.807, 2.05) is 29.8 Å². The molecule has 2 aliphatic carbocycles. The second-order valence-electron chi connectivity index (χ2n) is 7.27. The van der Waals surface area contributed by atoms with Crippen molar-refractivity contribution in [1.29, 1.82) is 0 Å². The lowest BCUT2D eigenvalue weighted by Crippen LogP contribution is -2.46. The molecular weight excluding hydrogens is 316 g/mol. The van der Waals surface area contributed by atoms with Crippen molar-refractivity contribution >= 4 is 10.0 Å². The first-order valence-electron chi connectivity index (χ1n) is 8.11. The molecule has 0 spiro atoms. The molecule has 1 heterocycles. The quantitative estimate of drug-likeness (QED) is 0.730. The molecule has 2 aliphatic rings. The van der Waals surface area contributed by atoms with Crippen molar-refractivity contribution in [2.24, 2.45) is 5.92 Å².